The Bertz CT molecular complexity index is 99.9. The third-order valence-corrected chi connectivity index (χ3v) is 2.91. The summed E-state index contributed by atoms with van der Waals surface area (Å²) in [5.41, 5.74) is 0.639. The Morgan fingerprint density at radius 1 is 1.30 bits per heavy atom. The predicted octanol–water partition coefficient (Wildman–Crippen LogP) is 2.47. The summed E-state index contributed by atoms with van der Waals surface area (Å²) in [5.74, 6) is 0. The van der Waals surface area contributed by atoms with Gasteiger partial charge in [0.15, 0.2) is 0 Å². The van der Waals surface area contributed by atoms with Gasteiger partial charge in [0.2, 0.25) is 0 Å². The van der Waals surface area contributed by atoms with Gasteiger partial charge >= 0.3 is 37.7 Å². The summed E-state index contributed by atoms with van der Waals surface area (Å²) in [6, 6.07) is 0. The summed E-state index contributed by atoms with van der Waals surface area (Å²) in [5, 5.41) is 0. The standard InChI is InChI=1S/C9H16.Ca/c1-8(2)6-5-7-9(8,3)4;/h7H,1,5-6H2,2-4H3;/q-2;+2/t8-;/m0./s1. The minimum atomic E-state index is 0. The topological polar surface area (TPSA) is 0 Å². The molecule has 0 unspecified atom stereocenters. The molecule has 0 aromatic carbocycles. The molecule has 1 saturated carbocycles. The Morgan fingerprint density at radius 3 is 1.90 bits per heavy atom. The maximum Gasteiger partial charge on any atom is 2.00 e. The Balaban J connectivity index is 0.000000810. The molecule has 1 aliphatic rings. The Kier molecular flexibility index (Phi) is 3.75. The summed E-state index contributed by atoms with van der Waals surface area (Å²) in [4.78, 5) is 0. The van der Waals surface area contributed by atoms with Crippen LogP contribution in [0, 0.1) is 24.2 Å². The largest absolute Gasteiger partial charge is 2.00 e. The maximum atomic E-state index is 4.19. The smallest absolute Gasteiger partial charge is 0.340 e. The van der Waals surface area contributed by atoms with Crippen molar-refractivity contribution in [1.82, 2.24) is 0 Å². The summed E-state index contributed by atoms with van der Waals surface area (Å²) >= 11 is 0. The fourth-order valence-corrected chi connectivity index (χ4v) is 1.32. The zero-order valence-corrected chi connectivity index (χ0v) is 9.61. The third-order valence-electron chi connectivity index (χ3n) is 2.91. The zero-order valence-electron chi connectivity index (χ0n) is 7.41. The molecule has 1 rings (SSSR count). The van der Waals surface area contributed by atoms with E-state index >= 15 is 0 Å². The van der Waals surface area contributed by atoms with Gasteiger partial charge < -0.3 is 13.3 Å². The van der Waals surface area contributed by atoms with Gasteiger partial charge in [0.05, 0.1) is 0 Å². The molecule has 0 aromatic heterocycles. The Morgan fingerprint density at radius 2 is 1.80 bits per heavy atom. The van der Waals surface area contributed by atoms with Crippen molar-refractivity contribution in [2.75, 3.05) is 0 Å². The molecule has 0 bridgehead atoms. The zero-order chi connectivity index (χ0) is 7.12. The van der Waals surface area contributed by atoms with Crippen LogP contribution in [0.4, 0.5) is 0 Å². The van der Waals surface area contributed by atoms with Crippen molar-refractivity contribution in [2.24, 2.45) is 10.8 Å². The van der Waals surface area contributed by atoms with Gasteiger partial charge in [-0.15, -0.1) is 6.42 Å². The fraction of sp³-hybridized carbons (Fsp3) is 0.778. The van der Waals surface area contributed by atoms with E-state index < -0.39 is 0 Å². The minimum absolute atomic E-state index is 0. The minimum Gasteiger partial charge on any atom is -0.340 e. The normalized spacial score (nSPS) is 37.2. The second-order valence-electron chi connectivity index (χ2n) is 4.03. The molecule has 1 atom stereocenters. The molecule has 0 saturated heterocycles. The molecule has 1 aliphatic carbocycles. The second kappa shape index (κ2) is 3.33. The van der Waals surface area contributed by atoms with Crippen LogP contribution in [0.5, 0.6) is 0 Å². The molecule has 0 aromatic rings. The van der Waals surface area contributed by atoms with Crippen LogP contribution in [0.25, 0.3) is 0 Å². The molecule has 0 amide bonds. The van der Waals surface area contributed by atoms with E-state index in [0.717, 1.165) is 0 Å². The van der Waals surface area contributed by atoms with E-state index in [9.17, 15) is 0 Å². The van der Waals surface area contributed by atoms with Crippen LogP contribution >= 0.6 is 0 Å². The van der Waals surface area contributed by atoms with Gasteiger partial charge in [-0.1, -0.05) is 20.8 Å². The van der Waals surface area contributed by atoms with Gasteiger partial charge in [-0.05, 0) is 0 Å². The van der Waals surface area contributed by atoms with Crippen molar-refractivity contribution in [3.8, 4) is 0 Å². The number of hydrogen-bond donors (Lipinski definition) is 0. The van der Waals surface area contributed by atoms with Crippen LogP contribution in [0.1, 0.15) is 33.6 Å². The molecule has 10 heavy (non-hydrogen) atoms. The van der Waals surface area contributed by atoms with Crippen molar-refractivity contribution in [2.45, 2.75) is 33.6 Å². The molecule has 0 heterocycles. The van der Waals surface area contributed by atoms with Crippen molar-refractivity contribution in [3.63, 3.8) is 0 Å². The molecule has 1 heteroatoms. The van der Waals surface area contributed by atoms with E-state index in [0.29, 0.717) is 5.41 Å². The fourth-order valence-electron chi connectivity index (χ4n) is 1.32. The van der Waals surface area contributed by atoms with Gasteiger partial charge in [0.1, 0.15) is 0 Å². The van der Waals surface area contributed by atoms with Gasteiger partial charge in [-0.2, -0.15) is 17.3 Å². The predicted molar refractivity (Wildman–Crippen MR) is 46.5 cm³/mol. The first-order chi connectivity index (χ1) is 3.96. The van der Waals surface area contributed by atoms with Crippen molar-refractivity contribution in [1.29, 1.82) is 0 Å². The summed E-state index contributed by atoms with van der Waals surface area (Å²) in [7, 11) is 0. The van der Waals surface area contributed by atoms with Crippen LogP contribution < -0.4 is 0 Å². The first kappa shape index (κ1) is 11.3. The quantitative estimate of drug-likeness (QED) is 0.381. The van der Waals surface area contributed by atoms with Gasteiger partial charge in [0.25, 0.3) is 0 Å². The van der Waals surface area contributed by atoms with Crippen LogP contribution in [0.2, 0.25) is 0 Å². The van der Waals surface area contributed by atoms with E-state index in [2.05, 4.69) is 34.1 Å². The molecule has 0 spiro atoms. The molecule has 0 radical (unpaired) electrons. The monoisotopic (exact) mass is 164 g/mol. The van der Waals surface area contributed by atoms with Crippen LogP contribution in [-0.4, -0.2) is 37.7 Å². The molecule has 54 valence electrons. The van der Waals surface area contributed by atoms with E-state index in [1.165, 1.54) is 12.8 Å². The van der Waals surface area contributed by atoms with Crippen LogP contribution in [0.3, 0.4) is 0 Å². The number of hydrogen-bond acceptors (Lipinski definition) is 0. The maximum absolute atomic E-state index is 4.19. The SMILES string of the molecule is [CH2-][C@]1(C)CC[CH-]C1(C)C.[Ca+2]. The van der Waals surface area contributed by atoms with E-state index in [1.54, 1.807) is 0 Å². The van der Waals surface area contributed by atoms with Crippen molar-refractivity contribution >= 4 is 37.7 Å². The van der Waals surface area contributed by atoms with E-state index in [-0.39, 0.29) is 43.2 Å². The van der Waals surface area contributed by atoms with Crippen LogP contribution in [0.15, 0.2) is 0 Å². The van der Waals surface area contributed by atoms with Gasteiger partial charge in [0, 0.05) is 0 Å². The molecule has 0 nitrogen and oxygen atoms in total. The van der Waals surface area contributed by atoms with Gasteiger partial charge in [-0.25, -0.2) is 0 Å². The molecule has 0 N–H and O–H groups in total. The first-order valence-corrected chi connectivity index (χ1v) is 3.65. The average Bonchev–Trinajstić information content (AvgIpc) is 1.81. The summed E-state index contributed by atoms with van der Waals surface area (Å²) < 4.78 is 0. The molecule has 1 fully saturated rings. The average molecular weight is 164 g/mol. The second-order valence-corrected chi connectivity index (χ2v) is 4.03. The number of rotatable bonds is 0. The third kappa shape index (κ3) is 1.89. The Labute approximate surface area is 94.8 Å². The Hall–Kier alpha value is 1.26. The van der Waals surface area contributed by atoms with E-state index in [4.69, 9.17) is 0 Å². The summed E-state index contributed by atoms with van der Waals surface area (Å²) in [6.45, 7) is 11.0. The summed E-state index contributed by atoms with van der Waals surface area (Å²) in [6.07, 6.45) is 4.88. The molecule has 0 aliphatic heterocycles. The van der Waals surface area contributed by atoms with Crippen molar-refractivity contribution < 1.29 is 0 Å². The molecular formula is C9H16Ca. The van der Waals surface area contributed by atoms with Crippen LogP contribution in [-0.2, 0) is 0 Å². The van der Waals surface area contributed by atoms with Gasteiger partial charge in [-0.3, -0.25) is 0 Å². The van der Waals surface area contributed by atoms with Crippen molar-refractivity contribution in [3.05, 3.63) is 13.3 Å². The molecular weight excluding hydrogens is 148 g/mol. The first-order valence-electron chi connectivity index (χ1n) is 3.65. The van der Waals surface area contributed by atoms with E-state index in [1.807, 2.05) is 0 Å².